The van der Waals surface area contributed by atoms with E-state index >= 15 is 0 Å². The molecule has 0 spiro atoms. The molecule has 3 heteroatoms. The third kappa shape index (κ3) is 3.22. The van der Waals surface area contributed by atoms with E-state index in [0.717, 1.165) is 37.0 Å². The van der Waals surface area contributed by atoms with Crippen LogP contribution in [0.15, 0.2) is 18.2 Å². The third-order valence-electron chi connectivity index (χ3n) is 3.24. The average molecular weight is 253 g/mol. The molecule has 1 aromatic rings. The van der Waals surface area contributed by atoms with Gasteiger partial charge in [0.2, 0.25) is 0 Å². The molecule has 0 aliphatic heterocycles. The van der Waals surface area contributed by atoms with Gasteiger partial charge in [-0.2, -0.15) is 0 Å². The van der Waals surface area contributed by atoms with Gasteiger partial charge in [0.25, 0.3) is 0 Å². The van der Waals surface area contributed by atoms with E-state index in [-0.39, 0.29) is 5.92 Å². The van der Waals surface area contributed by atoms with Crippen LogP contribution in [0.5, 0.6) is 5.75 Å². The molecule has 17 heavy (non-hydrogen) atoms. The van der Waals surface area contributed by atoms with Crippen molar-refractivity contribution in [2.75, 3.05) is 6.61 Å². The van der Waals surface area contributed by atoms with Crippen LogP contribution in [0.25, 0.3) is 0 Å². The van der Waals surface area contributed by atoms with E-state index in [1.165, 1.54) is 0 Å². The van der Waals surface area contributed by atoms with E-state index in [0.29, 0.717) is 17.4 Å². The second-order valence-corrected chi connectivity index (χ2v) is 5.03. The first-order valence-corrected chi connectivity index (χ1v) is 6.46. The Kier molecular flexibility index (Phi) is 4.06. The summed E-state index contributed by atoms with van der Waals surface area (Å²) >= 11 is 6.03. The highest BCUT2D eigenvalue weighted by molar-refractivity contribution is 6.32. The molecule has 2 rings (SSSR count). The first kappa shape index (κ1) is 12.4. The van der Waals surface area contributed by atoms with Gasteiger partial charge in [-0.05, 0) is 43.9 Å². The molecule has 1 fully saturated rings. The zero-order valence-corrected chi connectivity index (χ0v) is 10.8. The Morgan fingerprint density at radius 1 is 1.47 bits per heavy atom. The molecule has 1 aromatic carbocycles. The number of ether oxygens (including phenoxy) is 1. The van der Waals surface area contributed by atoms with Crippen molar-refractivity contribution < 1.29 is 9.53 Å². The maximum Gasteiger partial charge on any atom is 0.138 e. The fourth-order valence-corrected chi connectivity index (χ4v) is 2.40. The number of carbonyl (C=O) groups excluding carboxylic acids is 1. The topological polar surface area (TPSA) is 26.3 Å². The molecule has 0 radical (unpaired) electrons. The van der Waals surface area contributed by atoms with Crippen LogP contribution in [-0.2, 0) is 4.79 Å². The Balaban J connectivity index is 1.85. The summed E-state index contributed by atoms with van der Waals surface area (Å²) in [7, 11) is 0. The lowest BCUT2D eigenvalue weighted by molar-refractivity contribution is -0.121. The summed E-state index contributed by atoms with van der Waals surface area (Å²) in [6.07, 6.45) is 3.61. The lowest BCUT2D eigenvalue weighted by Crippen LogP contribution is -2.11. The van der Waals surface area contributed by atoms with Crippen molar-refractivity contribution in [2.24, 2.45) is 5.92 Å². The summed E-state index contributed by atoms with van der Waals surface area (Å²) in [5.74, 6) is 1.32. The summed E-state index contributed by atoms with van der Waals surface area (Å²) < 4.78 is 5.64. The van der Waals surface area contributed by atoms with Gasteiger partial charge in [0, 0.05) is 12.3 Å². The number of aryl methyl sites for hydroxylation is 1. The van der Waals surface area contributed by atoms with Crippen molar-refractivity contribution in [1.82, 2.24) is 0 Å². The van der Waals surface area contributed by atoms with Gasteiger partial charge in [-0.1, -0.05) is 17.7 Å². The molecule has 0 heterocycles. The van der Waals surface area contributed by atoms with E-state index in [9.17, 15) is 4.79 Å². The Morgan fingerprint density at radius 3 is 3.00 bits per heavy atom. The Hall–Kier alpha value is -1.02. The van der Waals surface area contributed by atoms with Gasteiger partial charge >= 0.3 is 0 Å². The molecule has 0 saturated heterocycles. The zero-order valence-electron chi connectivity index (χ0n) is 10.0. The highest BCUT2D eigenvalue weighted by Gasteiger charge is 2.23. The lowest BCUT2D eigenvalue weighted by atomic mass is 10.0. The first-order valence-electron chi connectivity index (χ1n) is 6.08. The monoisotopic (exact) mass is 252 g/mol. The number of ketones is 1. The minimum Gasteiger partial charge on any atom is -0.492 e. The summed E-state index contributed by atoms with van der Waals surface area (Å²) in [6.45, 7) is 2.57. The number of Topliss-reactive ketones (excluding diaryl/α,β-unsaturated/α-hetero) is 1. The first-order chi connectivity index (χ1) is 8.16. The molecule has 2 nitrogen and oxygen atoms in total. The standard InChI is InChI=1S/C14H17ClO2/c1-10-5-6-12(15)14(9-10)17-8-7-11-3-2-4-13(11)16/h5-6,9,11H,2-4,7-8H2,1H3. The molecule has 1 aliphatic rings. The van der Waals surface area contributed by atoms with Gasteiger partial charge < -0.3 is 4.74 Å². The third-order valence-corrected chi connectivity index (χ3v) is 3.55. The second-order valence-electron chi connectivity index (χ2n) is 4.63. The quantitative estimate of drug-likeness (QED) is 0.815. The Labute approximate surface area is 107 Å². The van der Waals surface area contributed by atoms with Crippen LogP contribution in [0, 0.1) is 12.8 Å². The van der Waals surface area contributed by atoms with Gasteiger partial charge in [-0.25, -0.2) is 0 Å². The summed E-state index contributed by atoms with van der Waals surface area (Å²) in [5.41, 5.74) is 1.13. The molecule has 1 atom stereocenters. The molecule has 92 valence electrons. The van der Waals surface area contributed by atoms with Crippen LogP contribution < -0.4 is 4.74 Å². The minimum absolute atomic E-state index is 0.207. The van der Waals surface area contributed by atoms with Crippen LogP contribution in [0.1, 0.15) is 31.2 Å². The number of halogens is 1. The van der Waals surface area contributed by atoms with Crippen LogP contribution in [0.3, 0.4) is 0 Å². The molecular weight excluding hydrogens is 236 g/mol. The number of rotatable bonds is 4. The maximum absolute atomic E-state index is 11.5. The number of hydrogen-bond acceptors (Lipinski definition) is 2. The Morgan fingerprint density at radius 2 is 2.29 bits per heavy atom. The molecule has 0 N–H and O–H groups in total. The largest absolute Gasteiger partial charge is 0.492 e. The smallest absolute Gasteiger partial charge is 0.138 e. The van der Waals surface area contributed by atoms with E-state index < -0.39 is 0 Å². The van der Waals surface area contributed by atoms with Gasteiger partial charge in [0.1, 0.15) is 11.5 Å². The van der Waals surface area contributed by atoms with Crippen molar-refractivity contribution in [1.29, 1.82) is 0 Å². The number of benzene rings is 1. The van der Waals surface area contributed by atoms with Gasteiger partial charge in [0.05, 0.1) is 11.6 Å². The van der Waals surface area contributed by atoms with Crippen LogP contribution in [-0.4, -0.2) is 12.4 Å². The fraction of sp³-hybridized carbons (Fsp3) is 0.500. The number of hydrogen-bond donors (Lipinski definition) is 0. The predicted molar refractivity (Wildman–Crippen MR) is 68.6 cm³/mol. The normalized spacial score (nSPS) is 19.6. The van der Waals surface area contributed by atoms with E-state index in [1.807, 2.05) is 25.1 Å². The van der Waals surface area contributed by atoms with E-state index in [2.05, 4.69) is 0 Å². The lowest BCUT2D eigenvalue weighted by Gasteiger charge is -2.11. The van der Waals surface area contributed by atoms with E-state index in [4.69, 9.17) is 16.3 Å². The molecule has 0 amide bonds. The highest BCUT2D eigenvalue weighted by Crippen LogP contribution is 2.27. The van der Waals surface area contributed by atoms with Gasteiger partial charge in [-0.15, -0.1) is 0 Å². The maximum atomic E-state index is 11.5. The summed E-state index contributed by atoms with van der Waals surface area (Å²) in [4.78, 5) is 11.5. The van der Waals surface area contributed by atoms with Crippen molar-refractivity contribution in [2.45, 2.75) is 32.6 Å². The van der Waals surface area contributed by atoms with Gasteiger partial charge in [0.15, 0.2) is 0 Å². The molecule has 0 bridgehead atoms. The van der Waals surface area contributed by atoms with Crippen molar-refractivity contribution in [3.05, 3.63) is 28.8 Å². The van der Waals surface area contributed by atoms with Crippen molar-refractivity contribution >= 4 is 17.4 Å². The van der Waals surface area contributed by atoms with Gasteiger partial charge in [-0.3, -0.25) is 4.79 Å². The number of carbonyl (C=O) groups is 1. The second kappa shape index (κ2) is 5.54. The van der Waals surface area contributed by atoms with Crippen LogP contribution >= 0.6 is 11.6 Å². The van der Waals surface area contributed by atoms with Crippen molar-refractivity contribution in [3.63, 3.8) is 0 Å². The molecule has 0 aromatic heterocycles. The van der Waals surface area contributed by atoms with E-state index in [1.54, 1.807) is 0 Å². The van der Waals surface area contributed by atoms with Crippen LogP contribution in [0.4, 0.5) is 0 Å². The average Bonchev–Trinajstić information content (AvgIpc) is 2.70. The SMILES string of the molecule is Cc1ccc(Cl)c(OCCC2CCCC2=O)c1. The molecule has 1 unspecified atom stereocenters. The van der Waals surface area contributed by atoms with Crippen LogP contribution in [0.2, 0.25) is 5.02 Å². The summed E-state index contributed by atoms with van der Waals surface area (Å²) in [5, 5.41) is 0.633. The minimum atomic E-state index is 0.207. The molecule has 1 saturated carbocycles. The predicted octanol–water partition coefficient (Wildman–Crippen LogP) is 3.79. The summed E-state index contributed by atoms with van der Waals surface area (Å²) in [6, 6.07) is 5.72. The Bertz CT molecular complexity index is 415. The molecular formula is C14H17ClO2. The highest BCUT2D eigenvalue weighted by atomic mass is 35.5. The van der Waals surface area contributed by atoms with Crippen molar-refractivity contribution in [3.8, 4) is 5.75 Å². The zero-order chi connectivity index (χ0) is 12.3. The fourth-order valence-electron chi connectivity index (χ4n) is 2.23. The molecule has 1 aliphatic carbocycles.